The summed E-state index contributed by atoms with van der Waals surface area (Å²) in [4.78, 5) is 18.9. The van der Waals surface area contributed by atoms with Gasteiger partial charge in [0, 0.05) is 29.8 Å². The average Bonchev–Trinajstić information content (AvgIpc) is 2.78. The number of unbranched alkanes of at least 4 members (excludes halogenated alkanes) is 2. The van der Waals surface area contributed by atoms with Gasteiger partial charge in [0.1, 0.15) is 17.3 Å². The average molecular weight is 460 g/mol. The van der Waals surface area contributed by atoms with E-state index in [-0.39, 0.29) is 17.5 Å². The Balaban J connectivity index is 1.75. The van der Waals surface area contributed by atoms with Crippen LogP contribution in [0.4, 0.5) is 4.39 Å². The van der Waals surface area contributed by atoms with Crippen molar-refractivity contribution in [3.8, 4) is 5.75 Å². The quantitative estimate of drug-likeness (QED) is 0.199. The van der Waals surface area contributed by atoms with Crippen LogP contribution in [0.1, 0.15) is 62.9 Å². The molecule has 0 spiro atoms. The summed E-state index contributed by atoms with van der Waals surface area (Å²) in [6.45, 7) is 8.78. The molecule has 0 aliphatic rings. The summed E-state index contributed by atoms with van der Waals surface area (Å²) in [6, 6.07) is 13.7. The minimum atomic E-state index is -0.741. The fourth-order valence-electron chi connectivity index (χ4n) is 3.57. The van der Waals surface area contributed by atoms with Crippen LogP contribution in [0, 0.1) is 5.82 Å². The Labute approximate surface area is 195 Å². The van der Waals surface area contributed by atoms with Crippen molar-refractivity contribution >= 4 is 12.1 Å². The highest BCUT2D eigenvalue weighted by Crippen LogP contribution is 2.23. The Kier molecular flexibility index (Phi) is 10.3. The third kappa shape index (κ3) is 8.14. The number of ether oxygens (including phenoxy) is 2. The van der Waals surface area contributed by atoms with Gasteiger partial charge >= 0.3 is 0 Å². The Morgan fingerprint density at radius 2 is 1.82 bits per heavy atom. The monoisotopic (exact) mass is 459 g/mol. The van der Waals surface area contributed by atoms with Gasteiger partial charge in [-0.2, -0.15) is 0 Å². The van der Waals surface area contributed by atoms with E-state index < -0.39 is 11.5 Å². The van der Waals surface area contributed by atoms with E-state index in [0.29, 0.717) is 24.5 Å². The van der Waals surface area contributed by atoms with E-state index in [4.69, 9.17) is 15.4 Å². The second-order valence-electron chi connectivity index (χ2n) is 8.36. The molecule has 0 unspecified atom stereocenters. The van der Waals surface area contributed by atoms with Crippen LogP contribution >= 0.6 is 0 Å². The van der Waals surface area contributed by atoms with Crippen LogP contribution in [0.15, 0.2) is 53.7 Å². The number of rotatable bonds is 13. The van der Waals surface area contributed by atoms with Crippen LogP contribution < -0.4 is 10.6 Å². The molecular formula is C25H34FN3O4. The van der Waals surface area contributed by atoms with Gasteiger partial charge in [-0.3, -0.25) is 4.79 Å². The zero-order chi connectivity index (χ0) is 24.3. The van der Waals surface area contributed by atoms with Gasteiger partial charge in [-0.1, -0.05) is 23.4 Å². The molecule has 180 valence electrons. The number of carbonyl (C=O) groups excluding carboxylic acids is 1. The van der Waals surface area contributed by atoms with Crippen LogP contribution in [0.2, 0.25) is 0 Å². The molecule has 2 rings (SSSR count). The van der Waals surface area contributed by atoms with Gasteiger partial charge < -0.3 is 19.3 Å². The molecule has 0 atom stereocenters. The maximum Gasteiger partial charge on any atom is 0.256 e. The first kappa shape index (κ1) is 26.3. The molecule has 0 aliphatic heterocycles. The molecule has 2 aromatic carbocycles. The molecule has 8 heteroatoms. The lowest BCUT2D eigenvalue weighted by molar-refractivity contribution is -0.124. The number of oxime groups is 1. The highest BCUT2D eigenvalue weighted by atomic mass is 19.1. The number of hydrogen-bond acceptors (Lipinski definition) is 6. The van der Waals surface area contributed by atoms with Crippen molar-refractivity contribution in [2.45, 2.75) is 58.7 Å². The smallest absolute Gasteiger partial charge is 0.256 e. The van der Waals surface area contributed by atoms with Crippen molar-refractivity contribution in [1.29, 1.82) is 0 Å². The van der Waals surface area contributed by atoms with E-state index in [9.17, 15) is 9.18 Å². The van der Waals surface area contributed by atoms with Gasteiger partial charge in [0.2, 0.25) is 0 Å². The van der Waals surface area contributed by atoms with Gasteiger partial charge in [-0.25, -0.2) is 4.39 Å². The van der Waals surface area contributed by atoms with E-state index in [0.717, 1.165) is 19.3 Å². The van der Waals surface area contributed by atoms with Gasteiger partial charge in [-0.15, -0.1) is 5.90 Å². The highest BCUT2D eigenvalue weighted by Gasteiger charge is 2.34. The van der Waals surface area contributed by atoms with Crippen LogP contribution in [0.25, 0.3) is 0 Å². The third-order valence-electron chi connectivity index (χ3n) is 5.07. The first-order chi connectivity index (χ1) is 15.8. The molecule has 1 amide bonds. The van der Waals surface area contributed by atoms with Crippen LogP contribution in [0.3, 0.4) is 0 Å². The fraction of sp³-hybridized carbons (Fsp3) is 0.440. The normalized spacial score (nSPS) is 11.7. The maximum atomic E-state index is 13.9. The molecule has 0 aromatic heterocycles. The summed E-state index contributed by atoms with van der Waals surface area (Å²) in [6.07, 6.45) is 3.69. The Bertz CT molecular complexity index is 904. The standard InChI is InChI=1S/C25H34FN3O4/c1-19(2)29(24(30)20-11-7-5-8-12-20)25(3,4)32-16-10-6-9-15-31-22-14-13-21(18-28-33-27)23(26)17-22/h5,7-8,11-14,17-19H,6,9-10,15-16,27H2,1-4H3/b28-18+. The predicted molar refractivity (Wildman–Crippen MR) is 126 cm³/mol. The minimum Gasteiger partial charge on any atom is -0.493 e. The number of hydrogen-bond donors (Lipinski definition) is 1. The van der Waals surface area contributed by atoms with Crippen molar-refractivity contribution < 1.29 is 23.6 Å². The van der Waals surface area contributed by atoms with E-state index in [2.05, 4.69) is 10.1 Å². The molecule has 0 radical (unpaired) electrons. The Hall–Kier alpha value is -2.97. The first-order valence-electron chi connectivity index (χ1n) is 11.1. The second-order valence-corrected chi connectivity index (χ2v) is 8.36. The topological polar surface area (TPSA) is 86.4 Å². The van der Waals surface area contributed by atoms with Crippen LogP contribution in [0.5, 0.6) is 5.75 Å². The molecule has 0 heterocycles. The van der Waals surface area contributed by atoms with Gasteiger partial charge in [0.25, 0.3) is 5.91 Å². The summed E-state index contributed by atoms with van der Waals surface area (Å²) in [5.74, 6) is 4.72. The van der Waals surface area contributed by atoms with Crippen LogP contribution in [-0.4, -0.2) is 42.0 Å². The molecule has 0 aliphatic carbocycles. The van der Waals surface area contributed by atoms with Crippen molar-refractivity contribution in [3.05, 3.63) is 65.5 Å². The molecular weight excluding hydrogens is 425 g/mol. The number of benzene rings is 2. The largest absolute Gasteiger partial charge is 0.493 e. The highest BCUT2D eigenvalue weighted by molar-refractivity contribution is 5.94. The molecule has 0 saturated heterocycles. The lowest BCUT2D eigenvalue weighted by Gasteiger charge is -2.41. The number of nitrogens with two attached hydrogens (primary N) is 1. The minimum absolute atomic E-state index is 0.0120. The van der Waals surface area contributed by atoms with Crippen molar-refractivity contribution in [3.63, 3.8) is 0 Å². The van der Waals surface area contributed by atoms with Crippen molar-refractivity contribution in [1.82, 2.24) is 4.90 Å². The lowest BCUT2D eigenvalue weighted by atomic mass is 10.1. The van der Waals surface area contributed by atoms with Gasteiger partial charge in [0.05, 0.1) is 12.8 Å². The van der Waals surface area contributed by atoms with E-state index in [1.165, 1.54) is 12.3 Å². The zero-order valence-corrected chi connectivity index (χ0v) is 19.8. The molecule has 2 N–H and O–H groups in total. The van der Waals surface area contributed by atoms with Crippen molar-refractivity contribution in [2.24, 2.45) is 11.1 Å². The zero-order valence-electron chi connectivity index (χ0n) is 19.8. The van der Waals surface area contributed by atoms with E-state index in [1.807, 2.05) is 58.0 Å². The number of halogens is 1. The molecule has 0 fully saturated rings. The number of amides is 1. The number of carbonyl (C=O) groups is 1. The van der Waals surface area contributed by atoms with E-state index >= 15 is 0 Å². The summed E-state index contributed by atoms with van der Waals surface area (Å²) in [5.41, 5.74) is 0.160. The SMILES string of the molecule is CC(C)N(C(=O)c1ccccc1)C(C)(C)OCCCCCOc1ccc(/C=N/ON)c(F)c1. The summed E-state index contributed by atoms with van der Waals surface area (Å²) in [7, 11) is 0. The number of nitrogens with zero attached hydrogens (tertiary/aromatic N) is 2. The molecule has 2 aromatic rings. The molecule has 0 bridgehead atoms. The Morgan fingerprint density at radius 1 is 1.12 bits per heavy atom. The molecule has 33 heavy (non-hydrogen) atoms. The van der Waals surface area contributed by atoms with E-state index in [1.54, 1.807) is 17.0 Å². The summed E-state index contributed by atoms with van der Waals surface area (Å²) < 4.78 is 25.7. The van der Waals surface area contributed by atoms with Gasteiger partial charge in [-0.05, 0) is 71.2 Å². The summed E-state index contributed by atoms with van der Waals surface area (Å²) >= 11 is 0. The summed E-state index contributed by atoms with van der Waals surface area (Å²) in [5, 5.41) is 3.34. The predicted octanol–water partition coefficient (Wildman–Crippen LogP) is 4.90. The maximum absolute atomic E-state index is 13.9. The third-order valence-corrected chi connectivity index (χ3v) is 5.07. The van der Waals surface area contributed by atoms with Crippen LogP contribution in [-0.2, 0) is 9.68 Å². The molecule has 0 saturated carbocycles. The van der Waals surface area contributed by atoms with Crippen molar-refractivity contribution in [2.75, 3.05) is 13.2 Å². The lowest BCUT2D eigenvalue weighted by Crippen LogP contribution is -2.53. The molecule has 7 nitrogen and oxygen atoms in total. The van der Waals surface area contributed by atoms with Gasteiger partial charge in [0.15, 0.2) is 0 Å². The fourth-order valence-corrected chi connectivity index (χ4v) is 3.57. The second kappa shape index (κ2) is 12.9. The first-order valence-corrected chi connectivity index (χ1v) is 11.1. The Morgan fingerprint density at radius 3 is 2.45 bits per heavy atom.